The minimum atomic E-state index is -0.880. The van der Waals surface area contributed by atoms with Gasteiger partial charge in [0.25, 0.3) is 11.8 Å². The van der Waals surface area contributed by atoms with Crippen LogP contribution in [0.25, 0.3) is 0 Å². The number of rotatable bonds is 7. The predicted molar refractivity (Wildman–Crippen MR) is 102 cm³/mol. The summed E-state index contributed by atoms with van der Waals surface area (Å²) in [6, 6.07) is 6.81. The number of methoxy groups -OCH3 is 1. The van der Waals surface area contributed by atoms with Crippen molar-refractivity contribution in [1.82, 2.24) is 10.2 Å². The lowest BCUT2D eigenvalue weighted by molar-refractivity contribution is -0.164. The topological polar surface area (TPSA) is 94.2 Å². The number of carbonyl (C=O) groups is 3. The summed E-state index contributed by atoms with van der Waals surface area (Å²) in [5.74, 6) is -0.676. The van der Waals surface area contributed by atoms with Crippen molar-refractivity contribution in [2.45, 2.75) is 45.5 Å². The molecule has 1 fully saturated rings. The van der Waals surface area contributed by atoms with Crippen molar-refractivity contribution in [1.29, 1.82) is 0 Å². The number of carbonyl (C=O) groups excluding carboxylic acids is 3. The number of amides is 2. The molecule has 8 nitrogen and oxygen atoms in total. The highest BCUT2D eigenvalue weighted by atomic mass is 16.5. The fourth-order valence-corrected chi connectivity index (χ4v) is 3.13. The number of benzene rings is 1. The van der Waals surface area contributed by atoms with Crippen molar-refractivity contribution in [3.63, 3.8) is 0 Å². The molecule has 1 aromatic carbocycles. The zero-order valence-corrected chi connectivity index (χ0v) is 16.8. The van der Waals surface area contributed by atoms with E-state index in [2.05, 4.69) is 5.32 Å². The van der Waals surface area contributed by atoms with Gasteiger partial charge in [-0.25, -0.2) is 0 Å². The van der Waals surface area contributed by atoms with E-state index in [4.69, 9.17) is 14.2 Å². The average Bonchev–Trinajstić information content (AvgIpc) is 2.66. The van der Waals surface area contributed by atoms with E-state index >= 15 is 0 Å². The first-order valence-electron chi connectivity index (χ1n) is 9.36. The van der Waals surface area contributed by atoms with Crippen LogP contribution in [-0.2, 0) is 19.1 Å². The van der Waals surface area contributed by atoms with E-state index in [1.807, 2.05) is 13.8 Å². The number of nitrogens with zero attached hydrogens (tertiary/aromatic N) is 1. The number of esters is 1. The zero-order chi connectivity index (χ0) is 20.7. The van der Waals surface area contributed by atoms with E-state index in [0.29, 0.717) is 24.4 Å². The molecule has 1 N–H and O–H groups in total. The first kappa shape index (κ1) is 21.7. The molecule has 0 aliphatic carbocycles. The van der Waals surface area contributed by atoms with Crippen LogP contribution >= 0.6 is 0 Å². The molecule has 0 aromatic heterocycles. The van der Waals surface area contributed by atoms with Crippen molar-refractivity contribution in [3.05, 3.63) is 29.8 Å². The SMILES string of the molecule is COc1ccccc1C(=O)NCCC(=O)O[C@H](C)C(=O)N1C[C@@H](C)O[C@@H](C)C1. The maximum absolute atomic E-state index is 12.5. The van der Waals surface area contributed by atoms with E-state index < -0.39 is 12.1 Å². The molecule has 28 heavy (non-hydrogen) atoms. The van der Waals surface area contributed by atoms with Crippen LogP contribution in [0.5, 0.6) is 5.75 Å². The van der Waals surface area contributed by atoms with Crippen LogP contribution in [0.4, 0.5) is 0 Å². The van der Waals surface area contributed by atoms with Crippen molar-refractivity contribution in [2.24, 2.45) is 0 Å². The zero-order valence-electron chi connectivity index (χ0n) is 16.8. The molecule has 8 heteroatoms. The summed E-state index contributed by atoms with van der Waals surface area (Å²) < 4.78 is 16.0. The molecule has 0 unspecified atom stereocenters. The van der Waals surface area contributed by atoms with Gasteiger partial charge in [-0.15, -0.1) is 0 Å². The van der Waals surface area contributed by atoms with Gasteiger partial charge in [-0.05, 0) is 32.9 Å². The van der Waals surface area contributed by atoms with E-state index in [-0.39, 0.29) is 37.0 Å². The number of morpholine rings is 1. The minimum Gasteiger partial charge on any atom is -0.496 e. The normalized spacial score (nSPS) is 20.2. The summed E-state index contributed by atoms with van der Waals surface area (Å²) in [5, 5.41) is 2.65. The molecule has 1 saturated heterocycles. The molecule has 1 aliphatic heterocycles. The first-order chi connectivity index (χ1) is 13.3. The Morgan fingerprint density at radius 3 is 2.50 bits per heavy atom. The largest absolute Gasteiger partial charge is 0.496 e. The molecule has 1 heterocycles. The Labute approximate surface area is 165 Å². The maximum Gasteiger partial charge on any atom is 0.308 e. The summed E-state index contributed by atoms with van der Waals surface area (Å²) in [6.45, 7) is 6.40. The van der Waals surface area contributed by atoms with Gasteiger partial charge in [0.2, 0.25) is 0 Å². The number of hydrogen-bond acceptors (Lipinski definition) is 6. The Morgan fingerprint density at radius 2 is 1.86 bits per heavy atom. The number of nitrogens with one attached hydrogen (secondary N) is 1. The summed E-state index contributed by atoms with van der Waals surface area (Å²) in [4.78, 5) is 38.3. The van der Waals surface area contributed by atoms with Gasteiger partial charge in [0.15, 0.2) is 6.10 Å². The molecular weight excluding hydrogens is 364 g/mol. The van der Waals surface area contributed by atoms with Gasteiger partial charge in [-0.1, -0.05) is 12.1 Å². The molecule has 0 spiro atoms. The van der Waals surface area contributed by atoms with Crippen LogP contribution in [0.1, 0.15) is 37.6 Å². The lowest BCUT2D eigenvalue weighted by Gasteiger charge is -2.36. The summed E-state index contributed by atoms with van der Waals surface area (Å²) in [6.07, 6.45) is -1.02. The van der Waals surface area contributed by atoms with E-state index in [1.54, 1.807) is 36.1 Å². The van der Waals surface area contributed by atoms with E-state index in [0.717, 1.165) is 0 Å². The van der Waals surface area contributed by atoms with Crippen LogP contribution in [0, 0.1) is 0 Å². The first-order valence-corrected chi connectivity index (χ1v) is 9.36. The van der Waals surface area contributed by atoms with Gasteiger partial charge < -0.3 is 24.4 Å². The summed E-state index contributed by atoms with van der Waals surface area (Å²) in [5.41, 5.74) is 0.387. The van der Waals surface area contributed by atoms with Crippen molar-refractivity contribution >= 4 is 17.8 Å². The van der Waals surface area contributed by atoms with Crippen LogP contribution in [0.3, 0.4) is 0 Å². The molecule has 1 aliphatic rings. The van der Waals surface area contributed by atoms with Crippen LogP contribution in [-0.4, -0.2) is 67.7 Å². The molecule has 2 amide bonds. The van der Waals surface area contributed by atoms with Gasteiger partial charge in [-0.3, -0.25) is 14.4 Å². The molecular formula is C20H28N2O6. The third-order valence-corrected chi connectivity index (χ3v) is 4.35. The second-order valence-electron chi connectivity index (χ2n) is 6.84. The van der Waals surface area contributed by atoms with Gasteiger partial charge in [0.1, 0.15) is 5.75 Å². The number of para-hydroxylation sites is 1. The molecule has 0 bridgehead atoms. The second-order valence-corrected chi connectivity index (χ2v) is 6.84. The second kappa shape index (κ2) is 10.1. The molecule has 2 rings (SSSR count). The van der Waals surface area contributed by atoms with Gasteiger partial charge in [-0.2, -0.15) is 0 Å². The molecule has 154 valence electrons. The fourth-order valence-electron chi connectivity index (χ4n) is 3.13. The highest BCUT2D eigenvalue weighted by Gasteiger charge is 2.30. The summed E-state index contributed by atoms with van der Waals surface area (Å²) in [7, 11) is 1.48. The Morgan fingerprint density at radius 1 is 1.21 bits per heavy atom. The average molecular weight is 392 g/mol. The predicted octanol–water partition coefficient (Wildman–Crippen LogP) is 1.38. The van der Waals surface area contributed by atoms with E-state index in [1.165, 1.54) is 7.11 Å². The molecule has 0 saturated carbocycles. The standard InChI is InChI=1S/C20H28N2O6/c1-13-11-22(12-14(2)27-13)20(25)15(3)28-18(23)9-10-21-19(24)16-7-5-6-8-17(16)26-4/h5-8,13-15H,9-12H2,1-4H3,(H,21,24)/t13-,14+,15-/m1/s1. The molecule has 3 atom stereocenters. The number of hydrogen-bond donors (Lipinski definition) is 1. The Hall–Kier alpha value is -2.61. The van der Waals surface area contributed by atoms with Crippen LogP contribution in [0.2, 0.25) is 0 Å². The van der Waals surface area contributed by atoms with Crippen molar-refractivity contribution in [3.8, 4) is 5.75 Å². The summed E-state index contributed by atoms with van der Waals surface area (Å²) >= 11 is 0. The number of ether oxygens (including phenoxy) is 3. The third-order valence-electron chi connectivity index (χ3n) is 4.35. The van der Waals surface area contributed by atoms with E-state index in [9.17, 15) is 14.4 Å². The lowest BCUT2D eigenvalue weighted by Crippen LogP contribution is -2.51. The molecule has 0 radical (unpaired) electrons. The smallest absolute Gasteiger partial charge is 0.308 e. The van der Waals surface area contributed by atoms with Gasteiger partial charge in [0, 0.05) is 19.6 Å². The minimum absolute atomic E-state index is 0.0333. The van der Waals surface area contributed by atoms with Crippen molar-refractivity contribution in [2.75, 3.05) is 26.7 Å². The maximum atomic E-state index is 12.5. The Balaban J connectivity index is 1.77. The lowest BCUT2D eigenvalue weighted by atomic mass is 10.2. The van der Waals surface area contributed by atoms with Gasteiger partial charge >= 0.3 is 5.97 Å². The molecule has 1 aromatic rings. The highest BCUT2D eigenvalue weighted by Crippen LogP contribution is 2.17. The van der Waals surface area contributed by atoms with Gasteiger partial charge in [0.05, 0.1) is 31.3 Å². The highest BCUT2D eigenvalue weighted by molar-refractivity contribution is 5.97. The van der Waals surface area contributed by atoms with Crippen LogP contribution < -0.4 is 10.1 Å². The Bertz CT molecular complexity index is 698. The Kier molecular flexibility index (Phi) is 7.80. The fraction of sp³-hybridized carbons (Fsp3) is 0.550. The monoisotopic (exact) mass is 392 g/mol. The quantitative estimate of drug-likeness (QED) is 0.705. The van der Waals surface area contributed by atoms with Crippen LogP contribution in [0.15, 0.2) is 24.3 Å². The van der Waals surface area contributed by atoms with Crippen molar-refractivity contribution < 1.29 is 28.6 Å². The third kappa shape index (κ3) is 5.95.